The Morgan fingerprint density at radius 2 is 1.84 bits per heavy atom. The van der Waals surface area contributed by atoms with Gasteiger partial charge in [-0.05, 0) is 25.8 Å². The average Bonchev–Trinajstić information content (AvgIpc) is 2.90. The van der Waals surface area contributed by atoms with Crippen LogP contribution in [0.25, 0.3) is 0 Å². The Hall–Kier alpha value is -2.68. The van der Waals surface area contributed by atoms with Crippen molar-refractivity contribution in [2.24, 2.45) is 11.8 Å². The molecule has 0 N–H and O–H groups in total. The summed E-state index contributed by atoms with van der Waals surface area (Å²) in [6.07, 6.45) is 3.31. The molecule has 0 radical (unpaired) electrons. The summed E-state index contributed by atoms with van der Waals surface area (Å²) in [5.41, 5.74) is 1.03. The number of hydrogen-bond donors (Lipinski definition) is 0. The number of benzene rings is 1. The molecule has 0 aromatic heterocycles. The number of nitriles is 1. The van der Waals surface area contributed by atoms with Gasteiger partial charge in [-0.2, -0.15) is 5.26 Å². The van der Waals surface area contributed by atoms with Gasteiger partial charge in [-0.25, -0.2) is 4.79 Å². The fourth-order valence-electron chi connectivity index (χ4n) is 3.70. The monoisotopic (exact) mass is 340 g/mol. The number of carbonyl (C=O) groups is 3. The van der Waals surface area contributed by atoms with Crippen molar-refractivity contribution in [2.45, 2.75) is 45.3 Å². The Bertz CT molecular complexity index is 728. The molecule has 2 aliphatic rings. The first-order chi connectivity index (χ1) is 12.0. The maximum Gasteiger partial charge on any atom is 0.329 e. The zero-order valence-electron chi connectivity index (χ0n) is 14.1. The highest BCUT2D eigenvalue weighted by Crippen LogP contribution is 2.38. The summed E-state index contributed by atoms with van der Waals surface area (Å²) in [4.78, 5) is 38.5. The molecule has 2 unspecified atom stereocenters. The maximum atomic E-state index is 12.5. The van der Waals surface area contributed by atoms with Crippen LogP contribution in [0.3, 0.4) is 0 Å². The van der Waals surface area contributed by atoms with Crippen LogP contribution >= 0.6 is 0 Å². The molecular formula is C19H20N2O4. The van der Waals surface area contributed by atoms with Crippen molar-refractivity contribution >= 4 is 17.8 Å². The number of hydrogen-bond acceptors (Lipinski definition) is 5. The highest BCUT2D eigenvalue weighted by Gasteiger charge is 2.51. The lowest BCUT2D eigenvalue weighted by Crippen LogP contribution is -2.44. The molecule has 6 heteroatoms. The van der Waals surface area contributed by atoms with E-state index in [0.29, 0.717) is 24.0 Å². The van der Waals surface area contributed by atoms with E-state index in [0.717, 1.165) is 17.7 Å². The molecular weight excluding hydrogens is 320 g/mol. The van der Waals surface area contributed by atoms with E-state index < -0.39 is 12.0 Å². The summed E-state index contributed by atoms with van der Waals surface area (Å²) < 4.78 is 5.26. The molecule has 130 valence electrons. The first-order valence-electron chi connectivity index (χ1n) is 8.56. The molecule has 3 atom stereocenters. The van der Waals surface area contributed by atoms with E-state index in [-0.39, 0.29) is 30.3 Å². The number of fused-ring (bicyclic) bond motifs is 1. The molecule has 1 aliphatic heterocycles. The lowest BCUT2D eigenvalue weighted by molar-refractivity contribution is -0.159. The fourth-order valence-corrected chi connectivity index (χ4v) is 3.70. The van der Waals surface area contributed by atoms with Gasteiger partial charge in [0.2, 0.25) is 11.8 Å². The van der Waals surface area contributed by atoms with Gasteiger partial charge in [0.15, 0.2) is 0 Å². The molecule has 0 bridgehead atoms. The molecule has 0 spiro atoms. The number of esters is 1. The van der Waals surface area contributed by atoms with Crippen LogP contribution < -0.4 is 0 Å². The smallest absolute Gasteiger partial charge is 0.329 e. The quantitative estimate of drug-likeness (QED) is 0.619. The van der Waals surface area contributed by atoms with Gasteiger partial charge < -0.3 is 4.74 Å². The second-order valence-electron chi connectivity index (χ2n) is 6.60. The van der Waals surface area contributed by atoms with Gasteiger partial charge in [-0.1, -0.05) is 31.0 Å². The normalized spacial score (nSPS) is 23.8. The van der Waals surface area contributed by atoms with Crippen molar-refractivity contribution in [1.82, 2.24) is 4.90 Å². The lowest BCUT2D eigenvalue weighted by atomic mass is 9.81. The van der Waals surface area contributed by atoms with Crippen LogP contribution in [0.5, 0.6) is 0 Å². The molecule has 1 saturated heterocycles. The summed E-state index contributed by atoms with van der Waals surface area (Å²) in [6.45, 7) is 1.46. The third kappa shape index (κ3) is 3.14. The van der Waals surface area contributed by atoms with E-state index in [9.17, 15) is 14.4 Å². The Morgan fingerprint density at radius 3 is 2.44 bits per heavy atom. The third-order valence-electron chi connectivity index (χ3n) is 5.11. The Kier molecular flexibility index (Phi) is 4.84. The number of nitrogens with zero attached hydrogens (tertiary/aromatic N) is 2. The largest absolute Gasteiger partial charge is 0.459 e. The van der Waals surface area contributed by atoms with Crippen molar-refractivity contribution < 1.29 is 19.1 Å². The summed E-state index contributed by atoms with van der Waals surface area (Å²) >= 11 is 0. The Balaban J connectivity index is 1.67. The van der Waals surface area contributed by atoms with Crippen molar-refractivity contribution in [2.75, 3.05) is 0 Å². The minimum Gasteiger partial charge on any atom is -0.459 e. The lowest BCUT2D eigenvalue weighted by Gasteiger charge is -2.21. The van der Waals surface area contributed by atoms with Crippen LogP contribution in [-0.4, -0.2) is 28.7 Å². The minimum atomic E-state index is -0.945. The van der Waals surface area contributed by atoms with Crippen LogP contribution in [0.1, 0.15) is 43.7 Å². The summed E-state index contributed by atoms with van der Waals surface area (Å²) in [6, 6.07) is 7.93. The van der Waals surface area contributed by atoms with Crippen LogP contribution in [0.2, 0.25) is 0 Å². The maximum absolute atomic E-state index is 12.5. The van der Waals surface area contributed by atoms with E-state index in [1.165, 1.54) is 6.92 Å². The zero-order chi connectivity index (χ0) is 18.0. The molecule has 1 saturated carbocycles. The average molecular weight is 340 g/mol. The van der Waals surface area contributed by atoms with E-state index in [2.05, 4.69) is 0 Å². The predicted octanol–water partition coefficient (Wildman–Crippen LogP) is 2.17. The molecule has 6 nitrogen and oxygen atoms in total. The standard InChI is InChI=1S/C19H20N2O4/c1-12(19(24)25-11-14-7-3-2-6-13(14)10-20)21-17(22)15-8-4-5-9-16(15)18(21)23/h2-3,6-7,12,15-16H,4-5,8-9,11H2,1H3/t12-,15?,16?/m0/s1. The van der Waals surface area contributed by atoms with Gasteiger partial charge in [0, 0.05) is 5.56 Å². The van der Waals surface area contributed by atoms with Gasteiger partial charge in [-0.3, -0.25) is 14.5 Å². The second kappa shape index (κ2) is 7.06. The number of amides is 2. The van der Waals surface area contributed by atoms with E-state index >= 15 is 0 Å². The van der Waals surface area contributed by atoms with Gasteiger partial charge in [-0.15, -0.1) is 0 Å². The molecule has 1 aliphatic carbocycles. The molecule has 2 fully saturated rings. The van der Waals surface area contributed by atoms with Crippen LogP contribution in [-0.2, 0) is 25.7 Å². The van der Waals surface area contributed by atoms with Gasteiger partial charge >= 0.3 is 5.97 Å². The first kappa shape index (κ1) is 17.2. The predicted molar refractivity (Wildman–Crippen MR) is 87.7 cm³/mol. The van der Waals surface area contributed by atoms with Crippen LogP contribution in [0, 0.1) is 23.2 Å². The van der Waals surface area contributed by atoms with E-state index in [1.54, 1.807) is 24.3 Å². The van der Waals surface area contributed by atoms with E-state index in [1.807, 2.05) is 6.07 Å². The number of likely N-dealkylation sites (tertiary alicyclic amines) is 1. The SMILES string of the molecule is C[C@@H](C(=O)OCc1ccccc1C#N)N1C(=O)C2CCCCC2C1=O. The van der Waals surface area contributed by atoms with Crippen molar-refractivity contribution in [3.05, 3.63) is 35.4 Å². The fraction of sp³-hybridized carbons (Fsp3) is 0.474. The van der Waals surface area contributed by atoms with Gasteiger partial charge in [0.1, 0.15) is 12.6 Å². The Morgan fingerprint density at radius 1 is 1.24 bits per heavy atom. The van der Waals surface area contributed by atoms with Gasteiger partial charge in [0.25, 0.3) is 0 Å². The Labute approximate surface area is 146 Å². The molecule has 3 rings (SSSR count). The van der Waals surface area contributed by atoms with Crippen molar-refractivity contribution in [1.29, 1.82) is 5.26 Å². The van der Waals surface area contributed by atoms with Crippen molar-refractivity contribution in [3.8, 4) is 6.07 Å². The number of ether oxygens (including phenoxy) is 1. The number of imide groups is 1. The molecule has 1 heterocycles. The summed E-state index contributed by atoms with van der Waals surface area (Å²) in [5.74, 6) is -1.70. The van der Waals surface area contributed by atoms with E-state index in [4.69, 9.17) is 10.00 Å². The summed E-state index contributed by atoms with van der Waals surface area (Å²) in [7, 11) is 0. The van der Waals surface area contributed by atoms with Crippen molar-refractivity contribution in [3.63, 3.8) is 0 Å². The number of rotatable bonds is 4. The zero-order valence-corrected chi connectivity index (χ0v) is 14.1. The molecule has 25 heavy (non-hydrogen) atoms. The molecule has 1 aromatic carbocycles. The molecule has 2 amide bonds. The highest BCUT2D eigenvalue weighted by atomic mass is 16.5. The van der Waals surface area contributed by atoms with Gasteiger partial charge in [0.05, 0.1) is 23.5 Å². The number of carbonyl (C=O) groups excluding carboxylic acids is 3. The van der Waals surface area contributed by atoms with Crippen LogP contribution in [0.4, 0.5) is 0 Å². The second-order valence-corrected chi connectivity index (χ2v) is 6.60. The molecule has 1 aromatic rings. The third-order valence-corrected chi connectivity index (χ3v) is 5.11. The topological polar surface area (TPSA) is 87.5 Å². The van der Waals surface area contributed by atoms with Crippen LogP contribution in [0.15, 0.2) is 24.3 Å². The summed E-state index contributed by atoms with van der Waals surface area (Å²) in [5, 5.41) is 9.07. The minimum absolute atomic E-state index is 0.0595. The highest BCUT2D eigenvalue weighted by molar-refractivity contribution is 6.07. The first-order valence-corrected chi connectivity index (χ1v) is 8.56.